The molecule has 0 radical (unpaired) electrons. The molecule has 0 atom stereocenters. The number of nitrogens with one attached hydrogen (secondary N) is 2. The largest absolute Gasteiger partial charge is 0.416 e. The molecule has 0 bridgehead atoms. The summed E-state index contributed by atoms with van der Waals surface area (Å²) in [6, 6.07) is 3.30. The fraction of sp³-hybridized carbons (Fsp3) is 0.312. The van der Waals surface area contributed by atoms with Gasteiger partial charge in [0.1, 0.15) is 17.5 Å². The van der Waals surface area contributed by atoms with Crippen LogP contribution in [0.15, 0.2) is 24.4 Å². The smallest absolute Gasteiger partial charge is 0.372 e. The second-order valence-electron chi connectivity index (χ2n) is 5.41. The summed E-state index contributed by atoms with van der Waals surface area (Å²) in [6.07, 6.45) is -8.65. The van der Waals surface area contributed by atoms with Gasteiger partial charge in [-0.05, 0) is 30.2 Å². The van der Waals surface area contributed by atoms with E-state index in [0.717, 1.165) is 0 Å². The third-order valence-electron chi connectivity index (χ3n) is 3.49. The average molecular weight is 389 g/mol. The summed E-state index contributed by atoms with van der Waals surface area (Å²) in [5, 5.41) is 14.3. The molecule has 0 aliphatic rings. The van der Waals surface area contributed by atoms with Gasteiger partial charge in [0.15, 0.2) is 0 Å². The van der Waals surface area contributed by atoms with Crippen LogP contribution in [-0.4, -0.2) is 23.6 Å². The molecule has 0 amide bonds. The van der Waals surface area contributed by atoms with Gasteiger partial charge in [-0.25, -0.2) is 4.98 Å². The number of rotatable bonds is 5. The standard InChI is InChI=1S/C16H13F6N5/c1-24-13-10(7-23)8-26-14(27-13)25-3-2-9-4-11(15(17,18)19)6-12(5-9)16(20,21)22/h4-6,8H,2-3H2,1H3,(H2,24,25,26,27). The fourth-order valence-electron chi connectivity index (χ4n) is 2.22. The first-order valence-corrected chi connectivity index (χ1v) is 7.51. The molecule has 0 spiro atoms. The summed E-state index contributed by atoms with van der Waals surface area (Å²) in [6.45, 7) is -0.00629. The molecule has 27 heavy (non-hydrogen) atoms. The van der Waals surface area contributed by atoms with Crippen molar-refractivity contribution in [3.63, 3.8) is 0 Å². The highest BCUT2D eigenvalue weighted by molar-refractivity contribution is 5.52. The molecule has 1 aromatic heterocycles. The van der Waals surface area contributed by atoms with E-state index >= 15 is 0 Å². The van der Waals surface area contributed by atoms with Crippen molar-refractivity contribution in [3.05, 3.63) is 46.6 Å². The summed E-state index contributed by atoms with van der Waals surface area (Å²) in [5.41, 5.74) is -2.67. The van der Waals surface area contributed by atoms with Gasteiger partial charge >= 0.3 is 12.4 Å². The molecule has 5 nitrogen and oxygen atoms in total. The quantitative estimate of drug-likeness (QED) is 0.754. The lowest BCUT2D eigenvalue weighted by Gasteiger charge is -2.14. The van der Waals surface area contributed by atoms with Crippen LogP contribution in [0, 0.1) is 11.3 Å². The summed E-state index contributed by atoms with van der Waals surface area (Å²) in [5.74, 6) is 0.329. The van der Waals surface area contributed by atoms with Gasteiger partial charge in [-0.15, -0.1) is 0 Å². The van der Waals surface area contributed by atoms with E-state index in [9.17, 15) is 26.3 Å². The molecule has 0 aliphatic carbocycles. The second kappa shape index (κ2) is 7.69. The van der Waals surface area contributed by atoms with Gasteiger partial charge in [0.25, 0.3) is 0 Å². The number of halogens is 6. The van der Waals surface area contributed by atoms with E-state index in [1.807, 2.05) is 6.07 Å². The molecule has 2 N–H and O–H groups in total. The molecule has 0 unspecified atom stereocenters. The summed E-state index contributed by atoms with van der Waals surface area (Å²) in [4.78, 5) is 7.85. The van der Waals surface area contributed by atoms with Crippen LogP contribution in [0.4, 0.5) is 38.1 Å². The summed E-state index contributed by atoms with van der Waals surface area (Å²) < 4.78 is 77.1. The Kier molecular flexibility index (Phi) is 5.78. The minimum atomic E-state index is -4.89. The van der Waals surface area contributed by atoms with Gasteiger partial charge in [0.05, 0.1) is 17.3 Å². The van der Waals surface area contributed by atoms with Crippen LogP contribution in [-0.2, 0) is 18.8 Å². The second-order valence-corrected chi connectivity index (χ2v) is 5.41. The van der Waals surface area contributed by atoms with Crippen LogP contribution >= 0.6 is 0 Å². The highest BCUT2D eigenvalue weighted by atomic mass is 19.4. The van der Waals surface area contributed by atoms with Crippen LogP contribution in [0.2, 0.25) is 0 Å². The lowest BCUT2D eigenvalue weighted by molar-refractivity contribution is -0.143. The number of alkyl halides is 6. The predicted molar refractivity (Wildman–Crippen MR) is 84.9 cm³/mol. The van der Waals surface area contributed by atoms with Gasteiger partial charge in [-0.1, -0.05) is 0 Å². The molecule has 2 rings (SSSR count). The van der Waals surface area contributed by atoms with E-state index in [4.69, 9.17) is 5.26 Å². The Morgan fingerprint density at radius 1 is 1.04 bits per heavy atom. The van der Waals surface area contributed by atoms with E-state index in [0.29, 0.717) is 12.1 Å². The van der Waals surface area contributed by atoms with Crippen molar-refractivity contribution in [3.8, 4) is 6.07 Å². The maximum Gasteiger partial charge on any atom is 0.416 e. The van der Waals surface area contributed by atoms with E-state index in [1.54, 1.807) is 0 Å². The number of nitrogens with zero attached hydrogens (tertiary/aromatic N) is 3. The van der Waals surface area contributed by atoms with E-state index in [-0.39, 0.29) is 41.9 Å². The Balaban J connectivity index is 2.17. The molecule has 1 aromatic carbocycles. The van der Waals surface area contributed by atoms with Crippen LogP contribution < -0.4 is 10.6 Å². The molecule has 144 valence electrons. The lowest BCUT2D eigenvalue weighted by Crippen LogP contribution is -2.14. The highest BCUT2D eigenvalue weighted by Crippen LogP contribution is 2.36. The molecule has 0 saturated heterocycles. The number of hydrogen-bond acceptors (Lipinski definition) is 5. The van der Waals surface area contributed by atoms with Crippen molar-refractivity contribution in [2.24, 2.45) is 0 Å². The first-order valence-electron chi connectivity index (χ1n) is 7.51. The fourth-order valence-corrected chi connectivity index (χ4v) is 2.22. The molecular formula is C16H13F6N5. The lowest BCUT2D eigenvalue weighted by atomic mass is 10.0. The Morgan fingerprint density at radius 2 is 1.63 bits per heavy atom. The maximum absolute atomic E-state index is 12.8. The molecule has 11 heteroatoms. The molecule has 0 fully saturated rings. The van der Waals surface area contributed by atoms with Crippen LogP contribution in [0.3, 0.4) is 0 Å². The Bertz CT molecular complexity index is 822. The van der Waals surface area contributed by atoms with Gasteiger partial charge in [-0.2, -0.15) is 36.6 Å². The third kappa shape index (κ3) is 5.22. The van der Waals surface area contributed by atoms with Crippen LogP contribution in [0.5, 0.6) is 0 Å². The van der Waals surface area contributed by atoms with Crippen molar-refractivity contribution in [2.45, 2.75) is 18.8 Å². The molecule has 2 aromatic rings. The number of nitriles is 1. The monoisotopic (exact) mass is 389 g/mol. The normalized spacial score (nSPS) is 11.8. The van der Waals surface area contributed by atoms with E-state index in [2.05, 4.69) is 20.6 Å². The van der Waals surface area contributed by atoms with Gasteiger partial charge < -0.3 is 10.6 Å². The number of anilines is 2. The van der Waals surface area contributed by atoms with Crippen molar-refractivity contribution in [1.29, 1.82) is 5.26 Å². The zero-order valence-electron chi connectivity index (χ0n) is 13.8. The molecule has 1 heterocycles. The number of hydrogen-bond donors (Lipinski definition) is 2. The maximum atomic E-state index is 12.8. The molecule has 0 aliphatic heterocycles. The van der Waals surface area contributed by atoms with Gasteiger partial charge in [0, 0.05) is 13.6 Å². The first-order chi connectivity index (χ1) is 12.5. The number of benzene rings is 1. The minimum absolute atomic E-state index is 0.00629. The Labute approximate surface area is 150 Å². The Hall–Kier alpha value is -3.03. The summed E-state index contributed by atoms with van der Waals surface area (Å²) in [7, 11) is 1.54. The molecular weight excluding hydrogens is 376 g/mol. The first kappa shape index (κ1) is 20.3. The molecule has 0 saturated carbocycles. The third-order valence-corrected chi connectivity index (χ3v) is 3.49. The topological polar surface area (TPSA) is 73.6 Å². The van der Waals surface area contributed by atoms with E-state index in [1.165, 1.54) is 13.2 Å². The van der Waals surface area contributed by atoms with Gasteiger partial charge in [0.2, 0.25) is 5.95 Å². The van der Waals surface area contributed by atoms with Crippen molar-refractivity contribution in [2.75, 3.05) is 24.2 Å². The Morgan fingerprint density at radius 3 is 2.11 bits per heavy atom. The van der Waals surface area contributed by atoms with Crippen molar-refractivity contribution >= 4 is 11.8 Å². The predicted octanol–water partition coefficient (Wildman–Crippen LogP) is 4.08. The summed E-state index contributed by atoms with van der Waals surface area (Å²) >= 11 is 0. The van der Waals surface area contributed by atoms with E-state index < -0.39 is 23.5 Å². The van der Waals surface area contributed by atoms with Crippen molar-refractivity contribution in [1.82, 2.24) is 9.97 Å². The van der Waals surface area contributed by atoms with Gasteiger partial charge in [-0.3, -0.25) is 0 Å². The zero-order valence-corrected chi connectivity index (χ0v) is 13.8. The average Bonchev–Trinajstić information content (AvgIpc) is 2.59. The number of aromatic nitrogens is 2. The van der Waals surface area contributed by atoms with Crippen molar-refractivity contribution < 1.29 is 26.3 Å². The van der Waals surface area contributed by atoms with Crippen LogP contribution in [0.1, 0.15) is 22.3 Å². The minimum Gasteiger partial charge on any atom is -0.372 e. The highest BCUT2D eigenvalue weighted by Gasteiger charge is 2.36. The zero-order chi connectivity index (χ0) is 20.2. The SMILES string of the molecule is CNc1nc(NCCc2cc(C(F)(F)F)cc(C(F)(F)F)c2)ncc1C#N. The van der Waals surface area contributed by atoms with Crippen LogP contribution in [0.25, 0.3) is 0 Å².